The van der Waals surface area contributed by atoms with Crippen molar-refractivity contribution in [3.8, 4) is 0 Å². The van der Waals surface area contributed by atoms with Crippen LogP contribution in [-0.2, 0) is 6.42 Å². The predicted molar refractivity (Wildman–Crippen MR) is 134 cm³/mol. The highest BCUT2D eigenvalue weighted by Gasteiger charge is 2.16. The lowest BCUT2D eigenvalue weighted by Gasteiger charge is -2.13. The topological polar surface area (TPSA) is 48.5 Å². The van der Waals surface area contributed by atoms with Crippen molar-refractivity contribution < 1.29 is 0 Å². The summed E-state index contributed by atoms with van der Waals surface area (Å²) >= 11 is 18.5. The molecular formula is C24H26Cl3N3O. The van der Waals surface area contributed by atoms with Gasteiger partial charge >= 0.3 is 0 Å². The van der Waals surface area contributed by atoms with E-state index in [0.29, 0.717) is 45.4 Å². The van der Waals surface area contributed by atoms with Gasteiger partial charge in [-0.05, 0) is 82.7 Å². The summed E-state index contributed by atoms with van der Waals surface area (Å²) in [5.41, 5.74) is 3.89. The molecule has 0 amide bonds. The molecule has 31 heavy (non-hydrogen) atoms. The number of hydrogen-bond donors (Lipinski definition) is 1. The number of nitrogens with one attached hydrogen (secondary N) is 1. The third-order valence-electron chi connectivity index (χ3n) is 5.15. The number of benzene rings is 2. The number of pyridine rings is 1. The lowest BCUT2D eigenvalue weighted by Crippen LogP contribution is -2.21. The number of nitrogens with zero attached hydrogens (tertiary/aromatic N) is 2. The number of aliphatic imine (C=N–C) groups is 1. The Kier molecular flexibility index (Phi) is 8.17. The number of aryl methyl sites for hydroxylation is 2. The van der Waals surface area contributed by atoms with E-state index in [1.165, 1.54) is 0 Å². The molecule has 0 bridgehead atoms. The zero-order valence-electron chi connectivity index (χ0n) is 17.9. The van der Waals surface area contributed by atoms with Gasteiger partial charge in [-0.15, -0.1) is 0 Å². The highest BCUT2D eigenvalue weighted by molar-refractivity contribution is 6.35. The first kappa shape index (κ1) is 23.8. The van der Waals surface area contributed by atoms with Crippen LogP contribution < -0.4 is 5.43 Å². The van der Waals surface area contributed by atoms with E-state index in [2.05, 4.69) is 9.88 Å². The number of aromatic amines is 1. The first-order chi connectivity index (χ1) is 14.8. The van der Waals surface area contributed by atoms with Crippen molar-refractivity contribution in [3.05, 3.63) is 78.5 Å². The van der Waals surface area contributed by atoms with Crippen LogP contribution >= 0.6 is 34.8 Å². The highest BCUT2D eigenvalue weighted by Crippen LogP contribution is 2.23. The molecule has 0 saturated heterocycles. The summed E-state index contributed by atoms with van der Waals surface area (Å²) in [4.78, 5) is 23.7. The third kappa shape index (κ3) is 6.11. The van der Waals surface area contributed by atoms with Crippen LogP contribution in [-0.4, -0.2) is 42.8 Å². The van der Waals surface area contributed by atoms with Crippen LogP contribution in [0.25, 0.3) is 10.9 Å². The van der Waals surface area contributed by atoms with E-state index < -0.39 is 0 Å². The van der Waals surface area contributed by atoms with Gasteiger partial charge in [-0.25, -0.2) is 0 Å². The van der Waals surface area contributed by atoms with Gasteiger partial charge in [0.15, 0.2) is 5.43 Å². The van der Waals surface area contributed by atoms with Crippen LogP contribution in [0.15, 0.2) is 46.2 Å². The second-order valence-electron chi connectivity index (χ2n) is 7.87. The van der Waals surface area contributed by atoms with Gasteiger partial charge in [0, 0.05) is 43.9 Å². The fourth-order valence-electron chi connectivity index (χ4n) is 3.59. The lowest BCUT2D eigenvalue weighted by molar-refractivity contribution is 0.403. The van der Waals surface area contributed by atoms with Gasteiger partial charge in [-0.3, -0.25) is 9.79 Å². The molecule has 1 N–H and O–H groups in total. The number of aromatic nitrogens is 1. The number of H-pyrrole nitrogens is 1. The largest absolute Gasteiger partial charge is 0.358 e. The average molecular weight is 479 g/mol. The van der Waals surface area contributed by atoms with Crippen molar-refractivity contribution >= 4 is 51.4 Å². The van der Waals surface area contributed by atoms with Crippen molar-refractivity contribution in [3.63, 3.8) is 0 Å². The minimum atomic E-state index is -0.0534. The Morgan fingerprint density at radius 1 is 1.06 bits per heavy atom. The van der Waals surface area contributed by atoms with Gasteiger partial charge in [0.2, 0.25) is 0 Å². The fourth-order valence-corrected chi connectivity index (χ4v) is 4.27. The average Bonchev–Trinajstić information content (AvgIpc) is 2.70. The quantitative estimate of drug-likeness (QED) is 0.311. The molecule has 0 saturated carbocycles. The minimum Gasteiger partial charge on any atom is -0.358 e. The van der Waals surface area contributed by atoms with Crippen molar-refractivity contribution in [2.75, 3.05) is 27.2 Å². The summed E-state index contributed by atoms with van der Waals surface area (Å²) < 4.78 is 0. The number of hydrogen-bond acceptors (Lipinski definition) is 3. The Morgan fingerprint density at radius 3 is 2.48 bits per heavy atom. The van der Waals surface area contributed by atoms with Crippen LogP contribution in [0.3, 0.4) is 0 Å². The van der Waals surface area contributed by atoms with E-state index in [0.717, 1.165) is 35.5 Å². The van der Waals surface area contributed by atoms with E-state index in [4.69, 9.17) is 39.8 Å². The maximum absolute atomic E-state index is 13.4. The lowest BCUT2D eigenvalue weighted by atomic mass is 9.98. The maximum Gasteiger partial charge on any atom is 0.198 e. The van der Waals surface area contributed by atoms with E-state index in [-0.39, 0.29) is 5.43 Å². The molecule has 0 spiro atoms. The molecule has 0 aliphatic heterocycles. The Bertz CT molecular complexity index is 1170. The molecule has 0 unspecified atom stereocenters. The maximum atomic E-state index is 13.4. The van der Waals surface area contributed by atoms with Crippen LogP contribution in [0, 0.1) is 6.92 Å². The molecule has 0 aliphatic carbocycles. The van der Waals surface area contributed by atoms with Gasteiger partial charge in [0.05, 0.1) is 5.56 Å². The Balaban J connectivity index is 1.99. The second kappa shape index (κ2) is 10.6. The van der Waals surface area contributed by atoms with Crippen molar-refractivity contribution in [2.24, 2.45) is 4.99 Å². The van der Waals surface area contributed by atoms with E-state index in [1.54, 1.807) is 18.2 Å². The van der Waals surface area contributed by atoms with E-state index in [1.807, 2.05) is 39.2 Å². The van der Waals surface area contributed by atoms with Gasteiger partial charge in [0.25, 0.3) is 0 Å². The van der Waals surface area contributed by atoms with Crippen LogP contribution in [0.2, 0.25) is 15.1 Å². The van der Waals surface area contributed by atoms with Gasteiger partial charge in [-0.2, -0.15) is 0 Å². The molecular weight excluding hydrogens is 453 g/mol. The second-order valence-corrected chi connectivity index (χ2v) is 9.15. The molecule has 0 fully saturated rings. The fraction of sp³-hybridized carbons (Fsp3) is 0.333. The standard InChI is InChI=1S/C24H26Cl3N3O/c1-15-23(24(31)19-13-17(25)8-10-21(19)29-15)22(28-11-4-12-30(2)3)9-6-16-5-7-18(26)14-20(16)27/h5,7-8,10,13-14H,4,6,9,11-12H2,1-3H3,(H,29,31). The molecule has 3 aromatic rings. The molecule has 0 atom stereocenters. The molecule has 1 heterocycles. The SMILES string of the molecule is Cc1[nH]c2ccc(Cl)cc2c(=O)c1C(CCc1ccc(Cl)cc1Cl)=NCCCN(C)C. The first-order valence-electron chi connectivity index (χ1n) is 10.2. The molecule has 1 aromatic heterocycles. The number of fused-ring (bicyclic) bond motifs is 1. The molecule has 2 aromatic carbocycles. The van der Waals surface area contributed by atoms with Gasteiger partial charge < -0.3 is 9.88 Å². The van der Waals surface area contributed by atoms with Crippen molar-refractivity contribution in [1.29, 1.82) is 0 Å². The molecule has 164 valence electrons. The summed E-state index contributed by atoms with van der Waals surface area (Å²) in [6.45, 7) is 3.49. The summed E-state index contributed by atoms with van der Waals surface area (Å²) in [5.74, 6) is 0. The van der Waals surface area contributed by atoms with E-state index >= 15 is 0 Å². The van der Waals surface area contributed by atoms with Gasteiger partial charge in [0.1, 0.15) is 0 Å². The smallest absolute Gasteiger partial charge is 0.198 e. The molecule has 3 rings (SSSR count). The van der Waals surface area contributed by atoms with Crippen molar-refractivity contribution in [2.45, 2.75) is 26.2 Å². The molecule has 0 radical (unpaired) electrons. The molecule has 4 nitrogen and oxygen atoms in total. The normalized spacial score (nSPS) is 12.2. The molecule has 7 heteroatoms. The Morgan fingerprint density at radius 2 is 1.77 bits per heavy atom. The van der Waals surface area contributed by atoms with E-state index in [9.17, 15) is 4.79 Å². The number of rotatable bonds is 8. The summed E-state index contributed by atoms with van der Waals surface area (Å²) in [6, 6.07) is 10.8. The number of halogens is 3. The zero-order valence-corrected chi connectivity index (χ0v) is 20.2. The monoisotopic (exact) mass is 477 g/mol. The van der Waals surface area contributed by atoms with Gasteiger partial charge in [-0.1, -0.05) is 40.9 Å². The highest BCUT2D eigenvalue weighted by atomic mass is 35.5. The summed E-state index contributed by atoms with van der Waals surface area (Å²) in [7, 11) is 4.07. The summed E-state index contributed by atoms with van der Waals surface area (Å²) in [6.07, 6.45) is 2.17. The van der Waals surface area contributed by atoms with Crippen molar-refractivity contribution in [1.82, 2.24) is 9.88 Å². The predicted octanol–water partition coefficient (Wildman–Crippen LogP) is 6.17. The third-order valence-corrected chi connectivity index (χ3v) is 5.97. The minimum absolute atomic E-state index is 0.0534. The van der Waals surface area contributed by atoms with Crippen LogP contribution in [0.5, 0.6) is 0 Å². The van der Waals surface area contributed by atoms with Crippen LogP contribution in [0.4, 0.5) is 0 Å². The Labute approximate surface area is 197 Å². The Hall–Kier alpha value is -1.85. The zero-order chi connectivity index (χ0) is 22.5. The van der Waals surface area contributed by atoms with Crippen LogP contribution in [0.1, 0.15) is 29.7 Å². The summed E-state index contributed by atoms with van der Waals surface area (Å²) in [5, 5.41) is 2.32. The molecule has 0 aliphatic rings. The first-order valence-corrected chi connectivity index (χ1v) is 11.3.